The van der Waals surface area contributed by atoms with Crippen LogP contribution in [0.25, 0.3) is 0 Å². The van der Waals surface area contributed by atoms with Crippen LogP contribution < -0.4 is 5.32 Å². The lowest BCUT2D eigenvalue weighted by atomic mass is 9.64. The smallest absolute Gasteiger partial charge is 0.323 e. The molecule has 0 unspecified atom stereocenters. The van der Waals surface area contributed by atoms with Gasteiger partial charge in [0, 0.05) is 14.1 Å². The minimum atomic E-state index is -3.58. The summed E-state index contributed by atoms with van der Waals surface area (Å²) in [6.45, 7) is 6.42. The van der Waals surface area contributed by atoms with Gasteiger partial charge in [0.15, 0.2) is 0 Å². The van der Waals surface area contributed by atoms with Crippen molar-refractivity contribution in [3.63, 3.8) is 0 Å². The molecule has 1 spiro atoms. The molecule has 1 N–H and O–H groups in total. The van der Waals surface area contributed by atoms with Crippen LogP contribution in [0.15, 0.2) is 29.2 Å². The molecule has 28 heavy (non-hydrogen) atoms. The number of amides is 3. The third-order valence-corrected chi connectivity index (χ3v) is 7.45. The van der Waals surface area contributed by atoms with Crippen LogP contribution in [0.1, 0.15) is 45.6 Å². The summed E-state index contributed by atoms with van der Waals surface area (Å²) in [5, 5.41) is 2.95. The van der Waals surface area contributed by atoms with E-state index in [1.54, 1.807) is 12.1 Å². The molecule has 1 saturated heterocycles. The van der Waals surface area contributed by atoms with Crippen LogP contribution in [-0.2, 0) is 21.4 Å². The molecule has 7 nitrogen and oxygen atoms in total. The summed E-state index contributed by atoms with van der Waals surface area (Å²) in [4.78, 5) is 27.2. The van der Waals surface area contributed by atoms with Gasteiger partial charge in [-0.05, 0) is 48.3 Å². The minimum Gasteiger partial charge on any atom is -0.323 e. The molecule has 0 radical (unpaired) electrons. The molecule has 2 atom stereocenters. The van der Waals surface area contributed by atoms with E-state index in [0.717, 1.165) is 10.7 Å². The highest BCUT2D eigenvalue weighted by Crippen LogP contribution is 2.46. The number of rotatable bonds is 4. The van der Waals surface area contributed by atoms with Crippen molar-refractivity contribution in [2.45, 2.75) is 57.0 Å². The van der Waals surface area contributed by atoms with Crippen LogP contribution in [0.3, 0.4) is 0 Å². The van der Waals surface area contributed by atoms with Gasteiger partial charge in [0.1, 0.15) is 5.54 Å². The van der Waals surface area contributed by atoms with Crippen LogP contribution in [0.5, 0.6) is 0 Å². The number of hydrogen-bond donors (Lipinski definition) is 1. The lowest BCUT2D eigenvalue weighted by molar-refractivity contribution is -0.135. The Kier molecular flexibility index (Phi) is 5.08. The molecule has 0 aromatic heterocycles. The molecule has 2 aliphatic rings. The maximum absolute atomic E-state index is 13.2. The summed E-state index contributed by atoms with van der Waals surface area (Å²) in [6.07, 6.45) is 2.26. The molecule has 1 aliphatic heterocycles. The largest absolute Gasteiger partial charge is 0.325 e. The summed E-state index contributed by atoms with van der Waals surface area (Å²) in [7, 11) is -0.645. The lowest BCUT2D eigenvalue weighted by Crippen LogP contribution is -2.54. The van der Waals surface area contributed by atoms with Crippen LogP contribution in [0.4, 0.5) is 4.79 Å². The number of nitrogens with one attached hydrogen (secondary N) is 1. The van der Waals surface area contributed by atoms with Crippen LogP contribution >= 0.6 is 0 Å². The van der Waals surface area contributed by atoms with Crippen molar-refractivity contribution in [3.8, 4) is 0 Å². The molecular weight excluding hydrogens is 378 g/mol. The van der Waals surface area contributed by atoms with Gasteiger partial charge in [-0.1, -0.05) is 32.9 Å². The summed E-state index contributed by atoms with van der Waals surface area (Å²) < 4.78 is 25.9. The van der Waals surface area contributed by atoms with Crippen LogP contribution in [-0.4, -0.2) is 49.2 Å². The average Bonchev–Trinajstić information content (AvgIpc) is 2.76. The average molecular weight is 408 g/mol. The number of urea groups is 1. The highest BCUT2D eigenvalue weighted by atomic mass is 32.2. The second kappa shape index (κ2) is 6.84. The molecule has 1 aromatic rings. The second-order valence-corrected chi connectivity index (χ2v) is 11.3. The Morgan fingerprint density at radius 1 is 1.21 bits per heavy atom. The molecule has 1 aliphatic carbocycles. The highest BCUT2D eigenvalue weighted by Gasteiger charge is 2.56. The third kappa shape index (κ3) is 3.67. The predicted molar refractivity (Wildman–Crippen MR) is 106 cm³/mol. The van der Waals surface area contributed by atoms with Gasteiger partial charge in [-0.15, -0.1) is 0 Å². The topological polar surface area (TPSA) is 86.8 Å². The molecule has 3 amide bonds. The quantitative estimate of drug-likeness (QED) is 0.777. The fourth-order valence-electron chi connectivity index (χ4n) is 4.85. The fraction of sp³-hybridized carbons (Fsp3) is 0.600. The highest BCUT2D eigenvalue weighted by molar-refractivity contribution is 7.89. The van der Waals surface area contributed by atoms with Crippen LogP contribution in [0.2, 0.25) is 0 Å². The van der Waals surface area contributed by atoms with E-state index in [1.807, 2.05) is 0 Å². The maximum atomic E-state index is 13.2. The van der Waals surface area contributed by atoms with E-state index in [2.05, 4.69) is 26.1 Å². The third-order valence-electron chi connectivity index (χ3n) is 5.64. The molecular formula is C20H29N3O4S. The Morgan fingerprint density at radius 2 is 1.89 bits per heavy atom. The van der Waals surface area contributed by atoms with Gasteiger partial charge in [-0.3, -0.25) is 9.69 Å². The van der Waals surface area contributed by atoms with Gasteiger partial charge in [-0.2, -0.15) is 0 Å². The first-order valence-electron chi connectivity index (χ1n) is 9.52. The zero-order chi connectivity index (χ0) is 20.9. The van der Waals surface area contributed by atoms with E-state index >= 15 is 0 Å². The number of imide groups is 1. The number of sulfonamides is 1. The number of hydrogen-bond acceptors (Lipinski definition) is 4. The zero-order valence-corrected chi connectivity index (χ0v) is 18.0. The van der Waals surface area contributed by atoms with E-state index in [0.29, 0.717) is 24.3 Å². The SMILES string of the molecule is C[C@H]1CC(C)(C)C[C@@]2(C1)NC(=O)N(Cc1cccc(S(=O)(=O)N(C)C)c1)C2=O. The van der Waals surface area contributed by atoms with Crippen molar-refractivity contribution in [1.82, 2.24) is 14.5 Å². The van der Waals surface area contributed by atoms with E-state index < -0.39 is 21.6 Å². The summed E-state index contributed by atoms with van der Waals surface area (Å²) in [5.74, 6) is 0.125. The number of benzene rings is 1. The van der Waals surface area contributed by atoms with Crippen molar-refractivity contribution in [3.05, 3.63) is 29.8 Å². The van der Waals surface area contributed by atoms with E-state index in [1.165, 1.54) is 31.1 Å². The Labute approximate surface area is 167 Å². The van der Waals surface area contributed by atoms with Crippen LogP contribution in [0, 0.1) is 11.3 Å². The number of carbonyl (C=O) groups is 2. The predicted octanol–water partition coefficient (Wildman–Crippen LogP) is 2.57. The summed E-state index contributed by atoms with van der Waals surface area (Å²) in [6, 6.07) is 5.99. The standard InChI is InChI=1S/C20H29N3O4S/c1-14-10-19(2,3)13-20(11-14)17(24)23(18(25)21-20)12-15-7-6-8-16(9-15)28(26,27)22(4)5/h6-9,14H,10-13H2,1-5H3,(H,21,25)/t14-,20+/m0/s1. The van der Waals surface area contributed by atoms with Gasteiger partial charge < -0.3 is 5.32 Å². The molecule has 8 heteroatoms. The first-order chi connectivity index (χ1) is 12.9. The molecule has 1 saturated carbocycles. The number of carbonyl (C=O) groups excluding carboxylic acids is 2. The van der Waals surface area contributed by atoms with Crippen molar-refractivity contribution in [2.75, 3.05) is 14.1 Å². The maximum Gasteiger partial charge on any atom is 0.325 e. The molecule has 1 aromatic carbocycles. The van der Waals surface area contributed by atoms with Crippen molar-refractivity contribution in [2.24, 2.45) is 11.3 Å². The van der Waals surface area contributed by atoms with Crippen molar-refractivity contribution < 1.29 is 18.0 Å². The van der Waals surface area contributed by atoms with Gasteiger partial charge in [0.25, 0.3) is 5.91 Å². The molecule has 1 heterocycles. The lowest BCUT2D eigenvalue weighted by Gasteiger charge is -2.43. The zero-order valence-electron chi connectivity index (χ0n) is 17.2. The fourth-order valence-corrected chi connectivity index (χ4v) is 5.82. The first-order valence-corrected chi connectivity index (χ1v) is 11.0. The Balaban J connectivity index is 1.86. The van der Waals surface area contributed by atoms with E-state index in [-0.39, 0.29) is 22.8 Å². The first kappa shape index (κ1) is 20.8. The van der Waals surface area contributed by atoms with Crippen molar-refractivity contribution >= 4 is 22.0 Å². The number of nitrogens with zero attached hydrogens (tertiary/aromatic N) is 2. The van der Waals surface area contributed by atoms with E-state index in [9.17, 15) is 18.0 Å². The molecule has 2 fully saturated rings. The molecule has 3 rings (SSSR count). The summed E-state index contributed by atoms with van der Waals surface area (Å²) >= 11 is 0. The van der Waals surface area contributed by atoms with Gasteiger partial charge in [0.2, 0.25) is 10.0 Å². The van der Waals surface area contributed by atoms with Gasteiger partial charge >= 0.3 is 6.03 Å². The Hall–Kier alpha value is -1.93. The molecule has 0 bridgehead atoms. The molecule has 154 valence electrons. The second-order valence-electron chi connectivity index (χ2n) is 9.19. The van der Waals surface area contributed by atoms with Crippen molar-refractivity contribution in [1.29, 1.82) is 0 Å². The minimum absolute atomic E-state index is 0.0314. The van der Waals surface area contributed by atoms with E-state index in [4.69, 9.17) is 0 Å². The van der Waals surface area contributed by atoms with Gasteiger partial charge in [0.05, 0.1) is 11.4 Å². The normalized spacial score (nSPS) is 27.5. The Morgan fingerprint density at radius 3 is 2.50 bits per heavy atom. The van der Waals surface area contributed by atoms with Gasteiger partial charge in [-0.25, -0.2) is 17.5 Å². The Bertz CT molecular complexity index is 910. The summed E-state index contributed by atoms with van der Waals surface area (Å²) in [5.41, 5.74) is -0.284. The monoisotopic (exact) mass is 407 g/mol.